The second-order valence-electron chi connectivity index (χ2n) is 10.1. The van der Waals surface area contributed by atoms with Crippen LogP contribution in [-0.2, 0) is 11.2 Å². The van der Waals surface area contributed by atoms with Crippen molar-refractivity contribution < 1.29 is 18.8 Å². The molecule has 0 amide bonds. The molecule has 2 heterocycles. The van der Waals surface area contributed by atoms with Crippen molar-refractivity contribution in [1.82, 2.24) is 20.4 Å². The van der Waals surface area contributed by atoms with Gasteiger partial charge in [0.05, 0.1) is 12.1 Å². The number of aliphatic carboxylic acids is 1. The zero-order valence-electron chi connectivity index (χ0n) is 20.7. The third kappa shape index (κ3) is 4.31. The van der Waals surface area contributed by atoms with E-state index in [4.69, 9.17) is 9.63 Å². The van der Waals surface area contributed by atoms with E-state index in [2.05, 4.69) is 32.6 Å². The summed E-state index contributed by atoms with van der Waals surface area (Å²) in [6.45, 7) is 3.89. The van der Waals surface area contributed by atoms with E-state index in [1.807, 2.05) is 32.0 Å². The van der Waals surface area contributed by atoms with Crippen molar-refractivity contribution >= 4 is 5.97 Å². The Kier molecular flexibility index (Phi) is 5.83. The van der Waals surface area contributed by atoms with Crippen LogP contribution in [-0.4, -0.2) is 32.2 Å². The van der Waals surface area contributed by atoms with Crippen molar-refractivity contribution in [3.63, 3.8) is 0 Å². The van der Waals surface area contributed by atoms with E-state index in [9.17, 15) is 9.18 Å². The summed E-state index contributed by atoms with van der Waals surface area (Å²) in [7, 11) is 0. The Morgan fingerprint density at radius 3 is 2.62 bits per heavy atom. The second kappa shape index (κ2) is 9.19. The predicted octanol–water partition coefficient (Wildman–Crippen LogP) is 5.66. The summed E-state index contributed by atoms with van der Waals surface area (Å²) >= 11 is 0. The monoisotopic (exact) mass is 498 g/mol. The predicted molar refractivity (Wildman–Crippen MR) is 136 cm³/mol. The topological polar surface area (TPSA) is 101 Å². The number of nitrogens with zero attached hydrogens (tertiary/aromatic N) is 3. The molecule has 0 radical (unpaired) electrons. The normalized spacial score (nSPS) is 20.5. The smallest absolute Gasteiger partial charge is 0.306 e. The van der Waals surface area contributed by atoms with Crippen LogP contribution in [0.15, 0.2) is 53.3 Å². The molecule has 1 fully saturated rings. The lowest BCUT2D eigenvalue weighted by Gasteiger charge is -2.35. The Morgan fingerprint density at radius 2 is 1.89 bits per heavy atom. The molecule has 7 nitrogen and oxygen atoms in total. The Morgan fingerprint density at radius 1 is 1.11 bits per heavy atom. The number of carbonyl (C=O) groups is 1. The largest absolute Gasteiger partial charge is 0.481 e. The highest BCUT2D eigenvalue weighted by Crippen LogP contribution is 2.38. The molecule has 0 aliphatic heterocycles. The van der Waals surface area contributed by atoms with Crippen LogP contribution in [0.2, 0.25) is 0 Å². The molecule has 0 saturated heterocycles. The Labute approximate surface area is 213 Å². The van der Waals surface area contributed by atoms with Crippen LogP contribution in [0.1, 0.15) is 47.6 Å². The van der Waals surface area contributed by atoms with E-state index in [0.717, 1.165) is 40.7 Å². The van der Waals surface area contributed by atoms with Gasteiger partial charge in [0.15, 0.2) is 0 Å². The highest BCUT2D eigenvalue weighted by Gasteiger charge is 2.36. The van der Waals surface area contributed by atoms with E-state index in [0.29, 0.717) is 30.1 Å². The molecule has 1 saturated carbocycles. The van der Waals surface area contributed by atoms with Crippen LogP contribution >= 0.6 is 0 Å². The fourth-order valence-corrected chi connectivity index (χ4v) is 5.72. The maximum atomic E-state index is 14.4. The van der Waals surface area contributed by atoms with Crippen molar-refractivity contribution in [3.05, 3.63) is 76.9 Å². The summed E-state index contributed by atoms with van der Waals surface area (Å²) in [6, 6.07) is 12.3. The van der Waals surface area contributed by atoms with Crippen molar-refractivity contribution in [3.8, 4) is 34.0 Å². The lowest BCUT2D eigenvalue weighted by atomic mass is 9.80. The average molecular weight is 499 g/mol. The molecule has 0 bridgehead atoms. The molecule has 1 unspecified atom stereocenters. The molecular weight excluding hydrogens is 471 g/mol. The molecule has 6 rings (SSSR count). The highest BCUT2D eigenvalue weighted by atomic mass is 19.1. The summed E-state index contributed by atoms with van der Waals surface area (Å²) in [6.07, 6.45) is 6.15. The number of hydrogen-bond donors (Lipinski definition) is 2. The van der Waals surface area contributed by atoms with E-state index in [-0.39, 0.29) is 23.8 Å². The first kappa shape index (κ1) is 23.5. The number of pyridine rings is 1. The summed E-state index contributed by atoms with van der Waals surface area (Å²) in [5.74, 6) is -0.322. The van der Waals surface area contributed by atoms with Gasteiger partial charge in [0.25, 0.3) is 5.89 Å². The van der Waals surface area contributed by atoms with Crippen molar-refractivity contribution in [2.24, 2.45) is 5.92 Å². The van der Waals surface area contributed by atoms with Crippen LogP contribution in [0.25, 0.3) is 34.0 Å². The average Bonchev–Trinajstić information content (AvgIpc) is 3.49. The van der Waals surface area contributed by atoms with Gasteiger partial charge in [0, 0.05) is 35.0 Å². The van der Waals surface area contributed by atoms with Crippen LogP contribution < -0.4 is 5.32 Å². The molecule has 2 N–H and O–H groups in total. The van der Waals surface area contributed by atoms with Gasteiger partial charge >= 0.3 is 5.97 Å². The van der Waals surface area contributed by atoms with Crippen molar-refractivity contribution in [2.75, 3.05) is 0 Å². The maximum absolute atomic E-state index is 14.4. The molecule has 2 aromatic heterocycles. The number of aromatic nitrogens is 3. The number of hydrogen-bond acceptors (Lipinski definition) is 6. The fraction of sp³-hybridized carbons (Fsp3) is 0.310. The van der Waals surface area contributed by atoms with Crippen molar-refractivity contribution in [1.29, 1.82) is 0 Å². The summed E-state index contributed by atoms with van der Waals surface area (Å²) < 4.78 is 20.0. The first-order chi connectivity index (χ1) is 17.9. The Bertz CT molecular complexity index is 1490. The second-order valence-corrected chi connectivity index (χ2v) is 10.1. The molecule has 1 atom stereocenters. The maximum Gasteiger partial charge on any atom is 0.306 e. The molecule has 2 aromatic carbocycles. The van der Waals surface area contributed by atoms with Gasteiger partial charge in [-0.2, -0.15) is 4.98 Å². The van der Waals surface area contributed by atoms with Crippen LogP contribution in [0, 0.1) is 25.6 Å². The highest BCUT2D eigenvalue weighted by molar-refractivity contribution is 5.75. The van der Waals surface area contributed by atoms with Gasteiger partial charge in [-0.25, -0.2) is 4.39 Å². The fourth-order valence-electron chi connectivity index (χ4n) is 5.72. The number of carboxylic acid groups (broad SMARTS) is 1. The summed E-state index contributed by atoms with van der Waals surface area (Å²) in [5, 5.41) is 17.0. The zero-order chi connectivity index (χ0) is 25.7. The minimum absolute atomic E-state index is 0.214. The van der Waals surface area contributed by atoms with Crippen LogP contribution in [0.5, 0.6) is 0 Å². The minimum atomic E-state index is -0.696. The molecule has 4 aromatic rings. The first-order valence-electron chi connectivity index (χ1n) is 12.5. The zero-order valence-corrected chi connectivity index (χ0v) is 20.7. The Hall–Kier alpha value is -3.91. The van der Waals surface area contributed by atoms with Crippen molar-refractivity contribution in [2.45, 2.75) is 51.6 Å². The van der Waals surface area contributed by atoms with Gasteiger partial charge in [-0.1, -0.05) is 17.3 Å². The standard InChI is InChI=1S/C29H27FN4O3/c1-15-9-19(10-16(2)26(15)23-7-8-31-14-24(23)30)28-33-27(34-37-28)18-3-5-22-17(11-18)4-6-25(22)32-21-12-20(13-21)29(35)36/h3,5,7-11,14,20-21,25,32H,4,6,12-13H2,1-2H3,(H,35,36)/t20-,21-,25?. The molecule has 188 valence electrons. The SMILES string of the molecule is Cc1cc(-c2nc(-c3ccc4c(c3)CCC4N[C@H]3C[C@H](C(=O)O)C3)no2)cc(C)c1-c1ccncc1F. The molecule has 2 aliphatic rings. The number of nitrogens with one attached hydrogen (secondary N) is 1. The van der Waals surface area contributed by atoms with Gasteiger partial charge in [0.2, 0.25) is 5.82 Å². The lowest BCUT2D eigenvalue weighted by molar-refractivity contribution is -0.145. The van der Waals surface area contributed by atoms with Gasteiger partial charge in [-0.05, 0) is 91.6 Å². The number of carboxylic acids is 1. The number of aryl methyl sites for hydroxylation is 3. The van der Waals surface area contributed by atoms with Gasteiger partial charge < -0.3 is 14.9 Å². The van der Waals surface area contributed by atoms with Gasteiger partial charge in [-0.15, -0.1) is 0 Å². The number of benzene rings is 2. The number of rotatable bonds is 6. The molecular formula is C29H27FN4O3. The molecule has 37 heavy (non-hydrogen) atoms. The molecule has 8 heteroatoms. The van der Waals surface area contributed by atoms with E-state index in [1.165, 1.54) is 17.3 Å². The molecule has 2 aliphatic carbocycles. The van der Waals surface area contributed by atoms with Gasteiger partial charge in [-0.3, -0.25) is 9.78 Å². The van der Waals surface area contributed by atoms with Gasteiger partial charge in [0.1, 0.15) is 5.82 Å². The molecule has 0 spiro atoms. The van der Waals surface area contributed by atoms with E-state index >= 15 is 0 Å². The van der Waals surface area contributed by atoms with Crippen LogP contribution in [0.4, 0.5) is 4.39 Å². The first-order valence-corrected chi connectivity index (χ1v) is 12.5. The summed E-state index contributed by atoms with van der Waals surface area (Å²) in [5.41, 5.74) is 7.39. The lowest BCUT2D eigenvalue weighted by Crippen LogP contribution is -2.45. The van der Waals surface area contributed by atoms with E-state index < -0.39 is 5.97 Å². The third-order valence-corrected chi connectivity index (χ3v) is 7.65. The Balaban J connectivity index is 1.21. The quantitative estimate of drug-likeness (QED) is 0.354. The van der Waals surface area contributed by atoms with E-state index in [1.54, 1.807) is 12.3 Å². The van der Waals surface area contributed by atoms with Crippen LogP contribution in [0.3, 0.4) is 0 Å². The summed E-state index contributed by atoms with van der Waals surface area (Å²) in [4.78, 5) is 19.6. The number of halogens is 1. The minimum Gasteiger partial charge on any atom is -0.481 e. The number of fused-ring (bicyclic) bond motifs is 1. The third-order valence-electron chi connectivity index (χ3n) is 7.65.